The van der Waals surface area contributed by atoms with Crippen molar-refractivity contribution >= 4 is 38.2 Å². The first kappa shape index (κ1) is 24.9. The van der Waals surface area contributed by atoms with Crippen molar-refractivity contribution in [1.29, 1.82) is 0 Å². The van der Waals surface area contributed by atoms with Gasteiger partial charge in [0.1, 0.15) is 12.3 Å². The van der Waals surface area contributed by atoms with Crippen LogP contribution in [-0.2, 0) is 30.7 Å². The van der Waals surface area contributed by atoms with Gasteiger partial charge in [-0.25, -0.2) is 8.42 Å². The zero-order chi connectivity index (χ0) is 25.3. The van der Waals surface area contributed by atoms with Crippen LogP contribution < -0.4 is 5.32 Å². The van der Waals surface area contributed by atoms with E-state index in [1.54, 1.807) is 39.8 Å². The molecule has 0 bridgehead atoms. The van der Waals surface area contributed by atoms with Crippen LogP contribution in [0.2, 0.25) is 0 Å². The lowest BCUT2D eigenvalue weighted by Crippen LogP contribution is -2.49. The second-order valence-electron chi connectivity index (χ2n) is 9.32. The van der Waals surface area contributed by atoms with E-state index in [-0.39, 0.29) is 29.6 Å². The van der Waals surface area contributed by atoms with Crippen molar-refractivity contribution in [2.75, 3.05) is 24.2 Å². The van der Waals surface area contributed by atoms with Crippen LogP contribution in [0, 0.1) is 13.8 Å². The lowest BCUT2D eigenvalue weighted by atomic mass is 10.1. The molecule has 9 heteroatoms. The highest BCUT2D eigenvalue weighted by atomic mass is 32.2. The molecule has 186 valence electrons. The maximum absolute atomic E-state index is 13.3. The van der Waals surface area contributed by atoms with Gasteiger partial charge in [-0.05, 0) is 45.4 Å². The third kappa shape index (κ3) is 5.57. The predicted molar refractivity (Wildman–Crippen MR) is 135 cm³/mol. The largest absolute Gasteiger partial charge is 0.372 e. The Bertz CT molecular complexity index is 1370. The summed E-state index contributed by atoms with van der Waals surface area (Å²) < 4.78 is 33.9. The minimum Gasteiger partial charge on any atom is -0.372 e. The van der Waals surface area contributed by atoms with E-state index in [9.17, 15) is 18.0 Å². The fraction of sp³-hybridized carbons (Fsp3) is 0.385. The molecule has 0 spiro atoms. The number of hydrogen-bond acceptors (Lipinski definition) is 5. The van der Waals surface area contributed by atoms with E-state index < -0.39 is 21.5 Å². The number of para-hydroxylation sites is 1. The number of rotatable bonds is 6. The number of ether oxygens (including phenoxy) is 1. The first-order valence-electron chi connectivity index (χ1n) is 11.6. The number of aromatic nitrogens is 1. The summed E-state index contributed by atoms with van der Waals surface area (Å²) in [5.74, 6) is -1.41. The number of amides is 2. The quantitative estimate of drug-likeness (QED) is 0.564. The molecule has 8 nitrogen and oxygen atoms in total. The van der Waals surface area contributed by atoms with Crippen LogP contribution in [0.15, 0.2) is 53.6 Å². The first-order valence-corrected chi connectivity index (χ1v) is 13.3. The summed E-state index contributed by atoms with van der Waals surface area (Å²) in [6, 6.07) is 12.6. The number of hydrogen-bond donors (Lipinski definition) is 1. The molecule has 2 amide bonds. The van der Waals surface area contributed by atoms with Crippen LogP contribution in [0.5, 0.6) is 0 Å². The van der Waals surface area contributed by atoms with E-state index in [0.717, 1.165) is 11.1 Å². The third-order valence-electron chi connectivity index (χ3n) is 6.14. The van der Waals surface area contributed by atoms with E-state index in [0.29, 0.717) is 29.7 Å². The SMILES string of the molecule is Cc1ccc(NC(=O)CS(=O)(=O)c2cn(CC(=O)N3CC(C)OC(C)C3)c3ccccc23)c(C)c1. The highest BCUT2D eigenvalue weighted by Crippen LogP contribution is 2.27. The average molecular weight is 498 g/mol. The molecular formula is C26H31N3O5S. The minimum absolute atomic E-state index is 0.00420. The molecule has 1 aliphatic heterocycles. The lowest BCUT2D eigenvalue weighted by molar-refractivity contribution is -0.143. The topological polar surface area (TPSA) is 97.7 Å². The molecule has 0 aliphatic carbocycles. The fourth-order valence-corrected chi connectivity index (χ4v) is 5.98. The Morgan fingerprint density at radius 2 is 1.74 bits per heavy atom. The summed E-state index contributed by atoms with van der Waals surface area (Å²) in [6.45, 7) is 8.65. The van der Waals surface area contributed by atoms with E-state index in [1.807, 2.05) is 39.8 Å². The van der Waals surface area contributed by atoms with E-state index >= 15 is 0 Å². The van der Waals surface area contributed by atoms with Crippen molar-refractivity contribution < 1.29 is 22.7 Å². The summed E-state index contributed by atoms with van der Waals surface area (Å²) in [5.41, 5.74) is 3.12. The molecule has 35 heavy (non-hydrogen) atoms. The Labute approximate surface area is 205 Å². The Balaban J connectivity index is 1.57. The zero-order valence-electron chi connectivity index (χ0n) is 20.4. The number of aryl methyl sites for hydroxylation is 2. The Hall–Kier alpha value is -3.17. The molecule has 3 aromatic rings. The first-order chi connectivity index (χ1) is 16.5. The van der Waals surface area contributed by atoms with Gasteiger partial charge < -0.3 is 19.5 Å². The average Bonchev–Trinajstić information content (AvgIpc) is 3.14. The van der Waals surface area contributed by atoms with Crippen molar-refractivity contribution in [2.45, 2.75) is 51.3 Å². The molecule has 1 aromatic heterocycles. The number of anilines is 1. The van der Waals surface area contributed by atoms with Crippen molar-refractivity contribution in [2.24, 2.45) is 0 Å². The van der Waals surface area contributed by atoms with Gasteiger partial charge >= 0.3 is 0 Å². The predicted octanol–water partition coefficient (Wildman–Crippen LogP) is 3.31. The maximum Gasteiger partial charge on any atom is 0.242 e. The molecular weight excluding hydrogens is 466 g/mol. The van der Waals surface area contributed by atoms with E-state index in [1.165, 1.54) is 6.20 Å². The summed E-state index contributed by atoms with van der Waals surface area (Å²) in [5, 5.41) is 3.19. The number of carbonyl (C=O) groups is 2. The number of nitrogens with zero attached hydrogens (tertiary/aromatic N) is 2. The Kier molecular flexibility index (Phi) is 7.00. The van der Waals surface area contributed by atoms with E-state index in [4.69, 9.17) is 4.74 Å². The second kappa shape index (κ2) is 9.83. The number of benzene rings is 2. The van der Waals surface area contributed by atoms with Crippen molar-refractivity contribution in [3.63, 3.8) is 0 Å². The molecule has 0 radical (unpaired) electrons. The van der Waals surface area contributed by atoms with Gasteiger partial charge in [-0.15, -0.1) is 0 Å². The second-order valence-corrected chi connectivity index (χ2v) is 11.3. The van der Waals surface area contributed by atoms with Crippen LogP contribution in [0.4, 0.5) is 5.69 Å². The number of fused-ring (bicyclic) bond motifs is 1. The summed E-state index contributed by atoms with van der Waals surface area (Å²) in [6.07, 6.45) is 1.35. The smallest absolute Gasteiger partial charge is 0.242 e. The van der Waals surface area contributed by atoms with Gasteiger partial charge in [0.2, 0.25) is 11.8 Å². The molecule has 1 fully saturated rings. The van der Waals surface area contributed by atoms with Crippen LogP contribution in [-0.4, -0.2) is 60.7 Å². The van der Waals surface area contributed by atoms with Crippen LogP contribution >= 0.6 is 0 Å². The van der Waals surface area contributed by atoms with Crippen molar-refractivity contribution in [3.8, 4) is 0 Å². The maximum atomic E-state index is 13.3. The van der Waals surface area contributed by atoms with Crippen LogP contribution in [0.3, 0.4) is 0 Å². The van der Waals surface area contributed by atoms with Crippen LogP contribution in [0.1, 0.15) is 25.0 Å². The number of nitrogens with one attached hydrogen (secondary N) is 1. The Morgan fingerprint density at radius 1 is 1.06 bits per heavy atom. The zero-order valence-corrected chi connectivity index (χ0v) is 21.3. The normalized spacial score (nSPS) is 18.6. The molecule has 2 atom stereocenters. The number of sulfone groups is 1. The van der Waals surface area contributed by atoms with Gasteiger partial charge in [-0.1, -0.05) is 35.9 Å². The highest BCUT2D eigenvalue weighted by Gasteiger charge is 2.28. The van der Waals surface area contributed by atoms with Gasteiger partial charge in [0, 0.05) is 35.9 Å². The molecule has 2 unspecified atom stereocenters. The summed E-state index contributed by atoms with van der Waals surface area (Å²) >= 11 is 0. The molecule has 1 saturated heterocycles. The van der Waals surface area contributed by atoms with Crippen molar-refractivity contribution in [1.82, 2.24) is 9.47 Å². The van der Waals surface area contributed by atoms with Gasteiger partial charge in [-0.3, -0.25) is 9.59 Å². The van der Waals surface area contributed by atoms with Gasteiger partial charge in [0.05, 0.1) is 17.1 Å². The van der Waals surface area contributed by atoms with Gasteiger partial charge in [-0.2, -0.15) is 0 Å². The lowest BCUT2D eigenvalue weighted by Gasteiger charge is -2.35. The molecule has 0 saturated carbocycles. The molecule has 1 N–H and O–H groups in total. The number of carbonyl (C=O) groups excluding carboxylic acids is 2. The monoisotopic (exact) mass is 497 g/mol. The van der Waals surface area contributed by atoms with Crippen molar-refractivity contribution in [3.05, 3.63) is 59.8 Å². The van der Waals surface area contributed by atoms with E-state index in [2.05, 4.69) is 5.32 Å². The van der Waals surface area contributed by atoms with Crippen LogP contribution in [0.25, 0.3) is 10.9 Å². The molecule has 1 aliphatic rings. The Morgan fingerprint density at radius 3 is 2.43 bits per heavy atom. The van der Waals surface area contributed by atoms with Gasteiger partial charge in [0.25, 0.3) is 0 Å². The fourth-order valence-electron chi connectivity index (χ4n) is 4.61. The summed E-state index contributed by atoms with van der Waals surface area (Å²) in [7, 11) is -3.96. The molecule has 2 heterocycles. The van der Waals surface area contributed by atoms with Gasteiger partial charge in [0.15, 0.2) is 9.84 Å². The molecule has 2 aromatic carbocycles. The minimum atomic E-state index is -3.96. The summed E-state index contributed by atoms with van der Waals surface area (Å²) in [4.78, 5) is 27.5. The number of morpholine rings is 1. The molecule has 4 rings (SSSR count). The standard InChI is InChI=1S/C26H31N3O5S/c1-17-9-10-22(18(2)11-17)27-25(30)16-35(32,33)24-14-28(23-8-6-5-7-21(23)24)15-26(31)29-12-19(3)34-20(4)13-29/h5-11,14,19-20H,12-13,15-16H2,1-4H3,(H,27,30). The highest BCUT2D eigenvalue weighted by molar-refractivity contribution is 7.92. The third-order valence-corrected chi connectivity index (χ3v) is 7.78.